The van der Waals surface area contributed by atoms with Gasteiger partial charge in [-0.15, -0.1) is 0 Å². The normalized spacial score (nSPS) is 10.0. The van der Waals surface area contributed by atoms with E-state index in [1.165, 1.54) is 0 Å². The number of ether oxygens (including phenoxy) is 1. The maximum atomic E-state index is 11.9. The zero-order chi connectivity index (χ0) is 15.1. The highest BCUT2D eigenvalue weighted by Gasteiger charge is 2.03. The van der Waals surface area contributed by atoms with Crippen LogP contribution in [0.1, 0.15) is 5.56 Å². The van der Waals surface area contributed by atoms with E-state index in [4.69, 9.17) is 10.5 Å². The summed E-state index contributed by atoms with van der Waals surface area (Å²) in [6.07, 6.45) is 0.787. The van der Waals surface area contributed by atoms with Gasteiger partial charge in [-0.1, -0.05) is 12.1 Å². The number of urea groups is 1. The lowest BCUT2D eigenvalue weighted by Crippen LogP contribution is -2.19. The minimum Gasteiger partial charge on any atom is -0.497 e. The minimum absolute atomic E-state index is 0.287. The molecule has 0 aliphatic rings. The zero-order valence-corrected chi connectivity index (χ0v) is 11.9. The Morgan fingerprint density at radius 1 is 1.10 bits per heavy atom. The van der Waals surface area contributed by atoms with Crippen molar-refractivity contribution in [2.45, 2.75) is 6.42 Å². The van der Waals surface area contributed by atoms with E-state index in [0.29, 0.717) is 12.2 Å². The Bertz CT molecular complexity index is 597. The highest BCUT2D eigenvalue weighted by molar-refractivity contribution is 5.99. The number of hydrogen-bond donors (Lipinski definition) is 3. The Balaban J connectivity index is 1.95. The average Bonchev–Trinajstić information content (AvgIpc) is 2.48. The van der Waals surface area contributed by atoms with Crippen LogP contribution >= 0.6 is 0 Å². The smallest absolute Gasteiger partial charge is 0.323 e. The third kappa shape index (κ3) is 4.50. The van der Waals surface area contributed by atoms with Crippen LogP contribution in [0.25, 0.3) is 0 Å². The fourth-order valence-corrected chi connectivity index (χ4v) is 1.94. The summed E-state index contributed by atoms with van der Waals surface area (Å²) in [6.45, 7) is 0.585. The number of benzene rings is 2. The molecule has 0 heterocycles. The van der Waals surface area contributed by atoms with Crippen molar-refractivity contribution in [1.82, 2.24) is 0 Å². The number of carbonyl (C=O) groups is 1. The molecule has 0 saturated heterocycles. The number of hydrogen-bond acceptors (Lipinski definition) is 3. The van der Waals surface area contributed by atoms with Gasteiger partial charge in [0.15, 0.2) is 0 Å². The van der Waals surface area contributed by atoms with Gasteiger partial charge < -0.3 is 21.1 Å². The lowest BCUT2D eigenvalue weighted by atomic mass is 10.1. The van der Waals surface area contributed by atoms with Gasteiger partial charge in [0.1, 0.15) is 5.75 Å². The summed E-state index contributed by atoms with van der Waals surface area (Å²) in [6, 6.07) is 14.5. The number of carbonyl (C=O) groups excluding carboxylic acids is 1. The maximum absolute atomic E-state index is 11.9. The Labute approximate surface area is 124 Å². The molecule has 2 amide bonds. The van der Waals surface area contributed by atoms with Crippen molar-refractivity contribution in [3.8, 4) is 5.75 Å². The first-order valence-corrected chi connectivity index (χ1v) is 6.72. The summed E-state index contributed by atoms with van der Waals surface area (Å²) in [4.78, 5) is 11.9. The topological polar surface area (TPSA) is 76.4 Å². The van der Waals surface area contributed by atoms with Gasteiger partial charge in [-0.05, 0) is 54.9 Å². The van der Waals surface area contributed by atoms with Crippen molar-refractivity contribution in [3.63, 3.8) is 0 Å². The van der Waals surface area contributed by atoms with Gasteiger partial charge in [0.05, 0.1) is 7.11 Å². The largest absolute Gasteiger partial charge is 0.497 e. The fourth-order valence-electron chi connectivity index (χ4n) is 1.94. The quantitative estimate of drug-likeness (QED) is 0.790. The summed E-state index contributed by atoms with van der Waals surface area (Å²) in [5.41, 5.74) is 8.07. The third-order valence-corrected chi connectivity index (χ3v) is 2.97. The number of amides is 2. The number of rotatable bonds is 5. The zero-order valence-electron chi connectivity index (χ0n) is 11.9. The molecule has 0 fully saturated rings. The van der Waals surface area contributed by atoms with Crippen LogP contribution in [-0.4, -0.2) is 19.7 Å². The summed E-state index contributed by atoms with van der Waals surface area (Å²) in [7, 11) is 1.60. The van der Waals surface area contributed by atoms with E-state index in [0.717, 1.165) is 23.4 Å². The second-order valence-electron chi connectivity index (χ2n) is 4.55. The Kier molecular flexibility index (Phi) is 5.17. The van der Waals surface area contributed by atoms with Crippen LogP contribution in [0.2, 0.25) is 0 Å². The van der Waals surface area contributed by atoms with E-state index >= 15 is 0 Å². The van der Waals surface area contributed by atoms with Crippen LogP contribution < -0.4 is 21.1 Å². The molecule has 0 aliphatic heterocycles. The molecule has 0 radical (unpaired) electrons. The van der Waals surface area contributed by atoms with Crippen molar-refractivity contribution >= 4 is 17.4 Å². The highest BCUT2D eigenvalue weighted by atomic mass is 16.5. The summed E-state index contributed by atoms with van der Waals surface area (Å²) in [5.74, 6) is 0.746. The molecule has 0 spiro atoms. The maximum Gasteiger partial charge on any atom is 0.323 e. The van der Waals surface area contributed by atoms with Crippen molar-refractivity contribution in [1.29, 1.82) is 0 Å². The highest BCUT2D eigenvalue weighted by Crippen LogP contribution is 2.16. The minimum atomic E-state index is -0.287. The standard InChI is InChI=1S/C16H19N3O2/c1-21-15-7-5-13(6-8-15)18-16(20)19-14-4-2-3-12(11-14)9-10-17/h2-8,11H,9-10,17H2,1H3,(H2,18,19,20). The van der Waals surface area contributed by atoms with Crippen molar-refractivity contribution in [2.24, 2.45) is 5.73 Å². The Morgan fingerprint density at radius 3 is 2.48 bits per heavy atom. The molecule has 0 aliphatic carbocycles. The van der Waals surface area contributed by atoms with Crippen LogP contribution in [0.15, 0.2) is 48.5 Å². The van der Waals surface area contributed by atoms with Gasteiger partial charge in [0.25, 0.3) is 0 Å². The number of anilines is 2. The monoisotopic (exact) mass is 285 g/mol. The average molecular weight is 285 g/mol. The molecule has 4 N–H and O–H groups in total. The first kappa shape index (κ1) is 14.9. The van der Waals surface area contributed by atoms with Crippen molar-refractivity contribution < 1.29 is 9.53 Å². The fraction of sp³-hybridized carbons (Fsp3) is 0.188. The van der Waals surface area contributed by atoms with Crippen LogP contribution in [0.3, 0.4) is 0 Å². The second-order valence-corrected chi connectivity index (χ2v) is 4.55. The van der Waals surface area contributed by atoms with Gasteiger partial charge in [-0.25, -0.2) is 4.79 Å². The summed E-state index contributed by atoms with van der Waals surface area (Å²) in [5, 5.41) is 5.56. The van der Waals surface area contributed by atoms with Crippen LogP contribution in [-0.2, 0) is 6.42 Å². The van der Waals surface area contributed by atoms with Gasteiger partial charge >= 0.3 is 6.03 Å². The van der Waals surface area contributed by atoms with E-state index in [1.807, 2.05) is 24.3 Å². The molecule has 0 unspecified atom stereocenters. The van der Waals surface area contributed by atoms with Gasteiger partial charge in [0, 0.05) is 11.4 Å². The molecular formula is C16H19N3O2. The SMILES string of the molecule is COc1ccc(NC(=O)Nc2cccc(CCN)c2)cc1. The molecule has 2 aromatic rings. The van der Waals surface area contributed by atoms with Crippen molar-refractivity contribution in [2.75, 3.05) is 24.3 Å². The first-order chi connectivity index (χ1) is 10.2. The molecule has 0 bridgehead atoms. The molecule has 2 rings (SSSR count). The van der Waals surface area contributed by atoms with E-state index in [9.17, 15) is 4.79 Å². The third-order valence-electron chi connectivity index (χ3n) is 2.97. The van der Waals surface area contributed by atoms with Crippen LogP contribution in [0.5, 0.6) is 5.75 Å². The van der Waals surface area contributed by atoms with Gasteiger partial charge in [0.2, 0.25) is 0 Å². The Morgan fingerprint density at radius 2 is 1.81 bits per heavy atom. The van der Waals surface area contributed by atoms with E-state index in [1.54, 1.807) is 31.4 Å². The van der Waals surface area contributed by atoms with Crippen LogP contribution in [0.4, 0.5) is 16.2 Å². The number of nitrogens with two attached hydrogens (primary N) is 1. The lowest BCUT2D eigenvalue weighted by molar-refractivity contribution is 0.262. The Hall–Kier alpha value is -2.53. The molecule has 110 valence electrons. The predicted octanol–water partition coefficient (Wildman–Crippen LogP) is 2.84. The van der Waals surface area contributed by atoms with Crippen LogP contribution in [0, 0.1) is 0 Å². The molecule has 5 heteroatoms. The van der Waals surface area contributed by atoms with Gasteiger partial charge in [-0.2, -0.15) is 0 Å². The molecule has 0 aromatic heterocycles. The number of methoxy groups -OCH3 is 1. The molecule has 2 aromatic carbocycles. The first-order valence-electron chi connectivity index (χ1n) is 6.72. The lowest BCUT2D eigenvalue weighted by Gasteiger charge is -2.09. The predicted molar refractivity (Wildman–Crippen MR) is 84.8 cm³/mol. The van der Waals surface area contributed by atoms with E-state index in [2.05, 4.69) is 10.6 Å². The second kappa shape index (κ2) is 7.31. The molecule has 21 heavy (non-hydrogen) atoms. The number of nitrogens with one attached hydrogen (secondary N) is 2. The summed E-state index contributed by atoms with van der Waals surface area (Å²) >= 11 is 0. The molecule has 0 atom stereocenters. The molecule has 5 nitrogen and oxygen atoms in total. The molecule has 0 saturated carbocycles. The van der Waals surface area contributed by atoms with Gasteiger partial charge in [-0.3, -0.25) is 0 Å². The van der Waals surface area contributed by atoms with Crippen molar-refractivity contribution in [3.05, 3.63) is 54.1 Å². The molecular weight excluding hydrogens is 266 g/mol. The van der Waals surface area contributed by atoms with E-state index < -0.39 is 0 Å². The van der Waals surface area contributed by atoms with E-state index in [-0.39, 0.29) is 6.03 Å². The summed E-state index contributed by atoms with van der Waals surface area (Å²) < 4.78 is 5.07.